The predicted molar refractivity (Wildman–Crippen MR) is 70.3 cm³/mol. The molecule has 0 spiro atoms. The van der Waals surface area contributed by atoms with Gasteiger partial charge in [0.25, 0.3) is 0 Å². The zero-order valence-electron chi connectivity index (χ0n) is 11.4. The van der Waals surface area contributed by atoms with Crippen LogP contribution >= 0.6 is 0 Å². The summed E-state index contributed by atoms with van der Waals surface area (Å²) in [6, 6.07) is 7.48. The lowest BCUT2D eigenvalue weighted by Crippen LogP contribution is -2.43. The summed E-state index contributed by atoms with van der Waals surface area (Å²) >= 11 is 0. The maximum atomic E-state index is 9.34. The van der Waals surface area contributed by atoms with Gasteiger partial charge in [-0.15, -0.1) is 0 Å². The number of likely N-dealkylation sites (N-methyl/N-ethyl adjacent to an activating group) is 1. The van der Waals surface area contributed by atoms with Crippen LogP contribution in [0.15, 0.2) is 18.2 Å². The Morgan fingerprint density at radius 1 is 1.44 bits per heavy atom. The number of ether oxygens (including phenoxy) is 1. The molecule has 1 aromatic rings. The molecule has 0 aliphatic heterocycles. The third-order valence-electron chi connectivity index (χ3n) is 3.24. The molecule has 0 fully saturated rings. The first-order valence-corrected chi connectivity index (χ1v) is 5.83. The van der Waals surface area contributed by atoms with E-state index in [9.17, 15) is 5.11 Å². The first-order chi connectivity index (χ1) is 8.44. The summed E-state index contributed by atoms with van der Waals surface area (Å²) < 4.78 is 5.29. The lowest BCUT2D eigenvalue weighted by atomic mass is 10.0. The van der Waals surface area contributed by atoms with Gasteiger partial charge in [-0.1, -0.05) is 0 Å². The average molecular weight is 248 g/mol. The first-order valence-electron chi connectivity index (χ1n) is 5.83. The Morgan fingerprint density at radius 2 is 2.11 bits per heavy atom. The van der Waals surface area contributed by atoms with E-state index in [2.05, 4.69) is 6.07 Å². The Labute approximate surface area is 108 Å². The summed E-state index contributed by atoms with van der Waals surface area (Å²) in [6.07, 6.45) is 0. The molecular formula is C14H20N2O2. The van der Waals surface area contributed by atoms with E-state index in [1.54, 1.807) is 19.2 Å². The molecule has 18 heavy (non-hydrogen) atoms. The number of hydrogen-bond acceptors (Lipinski definition) is 4. The van der Waals surface area contributed by atoms with Gasteiger partial charge in [-0.25, -0.2) is 0 Å². The first kappa shape index (κ1) is 14.5. The third-order valence-corrected chi connectivity index (χ3v) is 3.24. The van der Waals surface area contributed by atoms with Crippen LogP contribution in [-0.2, 0) is 6.54 Å². The van der Waals surface area contributed by atoms with Crippen LogP contribution in [-0.4, -0.2) is 36.3 Å². The van der Waals surface area contributed by atoms with Crippen molar-refractivity contribution < 1.29 is 9.84 Å². The normalized spacial score (nSPS) is 11.4. The number of nitrogens with zero attached hydrogens (tertiary/aromatic N) is 2. The molecule has 4 heteroatoms. The van der Waals surface area contributed by atoms with Gasteiger partial charge >= 0.3 is 0 Å². The number of methoxy groups -OCH3 is 1. The van der Waals surface area contributed by atoms with Crippen LogP contribution in [0.2, 0.25) is 0 Å². The summed E-state index contributed by atoms with van der Waals surface area (Å²) in [5, 5.41) is 18.3. The highest BCUT2D eigenvalue weighted by Crippen LogP contribution is 2.23. The van der Waals surface area contributed by atoms with E-state index in [0.717, 1.165) is 11.3 Å². The zero-order chi connectivity index (χ0) is 13.8. The minimum absolute atomic E-state index is 0.0732. The molecule has 0 aliphatic rings. The molecule has 0 amide bonds. The molecule has 0 atom stereocenters. The summed E-state index contributed by atoms with van der Waals surface area (Å²) in [5.41, 5.74) is 1.25. The van der Waals surface area contributed by atoms with Crippen molar-refractivity contribution in [2.45, 2.75) is 25.9 Å². The molecule has 0 heterocycles. The average Bonchev–Trinajstić information content (AvgIpc) is 2.38. The van der Waals surface area contributed by atoms with E-state index >= 15 is 0 Å². The molecule has 1 N–H and O–H groups in total. The van der Waals surface area contributed by atoms with Crippen molar-refractivity contribution in [3.8, 4) is 11.8 Å². The minimum atomic E-state index is -0.312. The zero-order valence-corrected chi connectivity index (χ0v) is 11.4. The van der Waals surface area contributed by atoms with E-state index in [4.69, 9.17) is 10.00 Å². The largest absolute Gasteiger partial charge is 0.496 e. The van der Waals surface area contributed by atoms with Gasteiger partial charge in [-0.05, 0) is 39.1 Å². The van der Waals surface area contributed by atoms with Gasteiger partial charge in [-0.3, -0.25) is 4.90 Å². The van der Waals surface area contributed by atoms with Crippen molar-refractivity contribution in [3.63, 3.8) is 0 Å². The minimum Gasteiger partial charge on any atom is -0.496 e. The molecule has 1 rings (SSSR count). The molecule has 0 aliphatic carbocycles. The second-order valence-electron chi connectivity index (χ2n) is 4.97. The highest BCUT2D eigenvalue weighted by atomic mass is 16.5. The number of aliphatic hydroxyl groups is 1. The van der Waals surface area contributed by atoms with Crippen molar-refractivity contribution in [1.82, 2.24) is 4.90 Å². The van der Waals surface area contributed by atoms with Gasteiger partial charge in [0.15, 0.2) is 0 Å². The highest BCUT2D eigenvalue weighted by Gasteiger charge is 2.23. The molecule has 4 nitrogen and oxygen atoms in total. The summed E-state index contributed by atoms with van der Waals surface area (Å²) in [6.45, 7) is 4.62. The molecule has 0 aromatic heterocycles. The molecule has 0 saturated carbocycles. The SMILES string of the molecule is COc1ccc(C#N)cc1CN(C)C(C)(C)CO. The Morgan fingerprint density at radius 3 is 2.61 bits per heavy atom. The Balaban J connectivity index is 2.99. The Bertz CT molecular complexity index is 450. The van der Waals surface area contributed by atoms with Gasteiger partial charge in [-0.2, -0.15) is 5.26 Å². The van der Waals surface area contributed by atoms with Crippen LogP contribution < -0.4 is 4.74 Å². The standard InChI is InChI=1S/C14H20N2O2/c1-14(2,10-17)16(3)9-12-7-11(8-15)5-6-13(12)18-4/h5-7,17H,9-10H2,1-4H3. The molecule has 1 aromatic carbocycles. The Kier molecular flexibility index (Phi) is 4.71. The van der Waals surface area contributed by atoms with Crippen molar-refractivity contribution in [3.05, 3.63) is 29.3 Å². The number of benzene rings is 1. The molecule has 0 radical (unpaired) electrons. The highest BCUT2D eigenvalue weighted by molar-refractivity contribution is 5.42. The summed E-state index contributed by atoms with van der Waals surface area (Å²) in [4.78, 5) is 2.03. The fourth-order valence-electron chi connectivity index (χ4n) is 1.56. The van der Waals surface area contributed by atoms with Gasteiger partial charge in [0.2, 0.25) is 0 Å². The van der Waals surface area contributed by atoms with Crippen LogP contribution in [0.4, 0.5) is 0 Å². The topological polar surface area (TPSA) is 56.5 Å². The second-order valence-corrected chi connectivity index (χ2v) is 4.97. The van der Waals surface area contributed by atoms with E-state index < -0.39 is 0 Å². The van der Waals surface area contributed by atoms with Gasteiger partial charge < -0.3 is 9.84 Å². The molecule has 98 valence electrons. The van der Waals surface area contributed by atoms with Crippen LogP contribution in [0.25, 0.3) is 0 Å². The van der Waals surface area contributed by atoms with Crippen LogP contribution in [0.1, 0.15) is 25.0 Å². The maximum absolute atomic E-state index is 9.34. The predicted octanol–water partition coefficient (Wildman–Crippen LogP) is 1.77. The Hall–Kier alpha value is -1.57. The summed E-state index contributed by atoms with van der Waals surface area (Å²) in [7, 11) is 3.55. The monoisotopic (exact) mass is 248 g/mol. The maximum Gasteiger partial charge on any atom is 0.123 e. The van der Waals surface area contributed by atoms with E-state index in [1.807, 2.05) is 31.9 Å². The van der Waals surface area contributed by atoms with Gasteiger partial charge in [0.1, 0.15) is 5.75 Å². The van der Waals surface area contributed by atoms with E-state index in [0.29, 0.717) is 12.1 Å². The fourth-order valence-corrected chi connectivity index (χ4v) is 1.56. The van der Waals surface area contributed by atoms with Crippen molar-refractivity contribution >= 4 is 0 Å². The molecule has 0 saturated heterocycles. The smallest absolute Gasteiger partial charge is 0.123 e. The van der Waals surface area contributed by atoms with E-state index in [-0.39, 0.29) is 12.1 Å². The van der Waals surface area contributed by atoms with E-state index in [1.165, 1.54) is 0 Å². The van der Waals surface area contributed by atoms with Crippen molar-refractivity contribution in [2.75, 3.05) is 20.8 Å². The second kappa shape index (κ2) is 5.85. The lowest BCUT2D eigenvalue weighted by Gasteiger charge is -2.34. The number of rotatable bonds is 5. The number of hydrogen-bond donors (Lipinski definition) is 1. The van der Waals surface area contributed by atoms with Crippen molar-refractivity contribution in [2.24, 2.45) is 0 Å². The van der Waals surface area contributed by atoms with Gasteiger partial charge in [0, 0.05) is 17.6 Å². The van der Waals surface area contributed by atoms with Crippen LogP contribution in [0.3, 0.4) is 0 Å². The summed E-state index contributed by atoms with van der Waals surface area (Å²) in [5.74, 6) is 0.759. The lowest BCUT2D eigenvalue weighted by molar-refractivity contribution is 0.0728. The number of aliphatic hydroxyl groups excluding tert-OH is 1. The molecular weight excluding hydrogens is 228 g/mol. The molecule has 0 bridgehead atoms. The van der Waals surface area contributed by atoms with Gasteiger partial charge in [0.05, 0.1) is 25.3 Å². The fraction of sp³-hybridized carbons (Fsp3) is 0.500. The van der Waals surface area contributed by atoms with Crippen LogP contribution in [0.5, 0.6) is 5.75 Å². The quantitative estimate of drug-likeness (QED) is 0.862. The van der Waals surface area contributed by atoms with Crippen LogP contribution in [0, 0.1) is 11.3 Å². The molecule has 0 unspecified atom stereocenters. The van der Waals surface area contributed by atoms with Crippen molar-refractivity contribution in [1.29, 1.82) is 5.26 Å². The third kappa shape index (κ3) is 3.22. The number of nitriles is 1.